The molecule has 0 aliphatic heterocycles. The van der Waals surface area contributed by atoms with Crippen LogP contribution in [-0.2, 0) is 28.6 Å². The molecule has 0 aliphatic carbocycles. The van der Waals surface area contributed by atoms with Gasteiger partial charge in [-0.2, -0.15) is 0 Å². The number of carbonyl (C=O) groups excluding carboxylic acids is 3. The first-order chi connectivity index (χ1) is 28.5. The average Bonchev–Trinajstić information content (AvgIpc) is 3.22. The first-order valence-electron chi connectivity index (χ1n) is 23.6. The number of carbonyl (C=O) groups is 3. The van der Waals surface area contributed by atoms with Crippen LogP contribution in [0.15, 0.2) is 85.1 Å². The number of unbranched alkanes of at least 4 members (excludes halogenated alkanes) is 16. The highest BCUT2D eigenvalue weighted by molar-refractivity contribution is 5.71. The zero-order valence-corrected chi connectivity index (χ0v) is 37.5. The Morgan fingerprint density at radius 1 is 0.362 bits per heavy atom. The van der Waals surface area contributed by atoms with Gasteiger partial charge in [0.1, 0.15) is 13.2 Å². The van der Waals surface area contributed by atoms with E-state index in [0.29, 0.717) is 12.8 Å². The van der Waals surface area contributed by atoms with Crippen LogP contribution in [0.3, 0.4) is 0 Å². The largest absolute Gasteiger partial charge is 0.462 e. The molecule has 0 aromatic heterocycles. The summed E-state index contributed by atoms with van der Waals surface area (Å²) in [7, 11) is 0. The van der Waals surface area contributed by atoms with Crippen molar-refractivity contribution in [1.82, 2.24) is 0 Å². The van der Waals surface area contributed by atoms with Crippen LogP contribution in [0.5, 0.6) is 0 Å². The number of hydrogen-bond acceptors (Lipinski definition) is 6. The van der Waals surface area contributed by atoms with Crippen LogP contribution in [0.4, 0.5) is 0 Å². The summed E-state index contributed by atoms with van der Waals surface area (Å²) >= 11 is 0. The minimum Gasteiger partial charge on any atom is -0.462 e. The Bertz CT molecular complexity index is 1160. The third-order valence-corrected chi connectivity index (χ3v) is 9.61. The summed E-state index contributed by atoms with van der Waals surface area (Å²) in [4.78, 5) is 37.8. The molecular formula is C52H86O6. The van der Waals surface area contributed by atoms with Gasteiger partial charge in [-0.25, -0.2) is 0 Å². The van der Waals surface area contributed by atoms with Gasteiger partial charge in [-0.3, -0.25) is 14.4 Å². The van der Waals surface area contributed by atoms with Gasteiger partial charge in [-0.05, 0) is 103 Å². The van der Waals surface area contributed by atoms with Gasteiger partial charge in [0.15, 0.2) is 6.10 Å². The van der Waals surface area contributed by atoms with E-state index in [9.17, 15) is 14.4 Å². The van der Waals surface area contributed by atoms with Crippen molar-refractivity contribution < 1.29 is 28.6 Å². The molecule has 0 N–H and O–H groups in total. The number of esters is 3. The van der Waals surface area contributed by atoms with Crippen LogP contribution in [0.2, 0.25) is 0 Å². The predicted octanol–water partition coefficient (Wildman–Crippen LogP) is 15.3. The summed E-state index contributed by atoms with van der Waals surface area (Å²) in [6, 6.07) is 0. The van der Waals surface area contributed by atoms with E-state index in [-0.39, 0.29) is 44.0 Å². The lowest BCUT2D eigenvalue weighted by Crippen LogP contribution is -2.30. The molecule has 1 unspecified atom stereocenters. The maximum absolute atomic E-state index is 12.7. The third kappa shape index (κ3) is 43.7. The molecule has 0 heterocycles. The Kier molecular flexibility index (Phi) is 43.6. The van der Waals surface area contributed by atoms with Gasteiger partial charge in [0.05, 0.1) is 0 Å². The van der Waals surface area contributed by atoms with Crippen LogP contribution in [0, 0.1) is 0 Å². The number of rotatable bonds is 41. The van der Waals surface area contributed by atoms with E-state index in [1.807, 2.05) is 0 Å². The highest BCUT2D eigenvalue weighted by atomic mass is 16.6. The standard InChI is InChI=1S/C52H86O6/c1-4-7-10-13-16-19-22-24-26-28-30-33-36-39-42-45-51(54)57-48-49(47-56-50(53)44-41-38-35-32-29-21-18-15-12-9-6-3)58-52(55)46-43-40-37-34-31-27-25-23-20-17-14-11-8-5-2/h8-9,11-12,17-22,25,27,32,35,49H,4-7,10,13-16,23-24,26,28-31,33-34,36-48H2,1-3H3/b11-8-,12-9-,20-17-,21-18-,22-19-,27-25-,35-32-. The summed E-state index contributed by atoms with van der Waals surface area (Å²) in [5, 5.41) is 0. The second-order valence-electron chi connectivity index (χ2n) is 15.2. The summed E-state index contributed by atoms with van der Waals surface area (Å²) in [6.07, 6.45) is 58.6. The van der Waals surface area contributed by atoms with E-state index < -0.39 is 6.10 Å². The molecule has 6 nitrogen and oxygen atoms in total. The summed E-state index contributed by atoms with van der Waals surface area (Å²) in [5.74, 6) is -0.995. The highest BCUT2D eigenvalue weighted by Gasteiger charge is 2.19. The fraction of sp³-hybridized carbons (Fsp3) is 0.673. The molecule has 0 radical (unpaired) electrons. The quantitative estimate of drug-likeness (QED) is 0.0265. The zero-order chi connectivity index (χ0) is 42.3. The molecule has 0 saturated heterocycles. The normalized spacial score (nSPS) is 12.8. The molecular weight excluding hydrogens is 721 g/mol. The first kappa shape index (κ1) is 54.6. The fourth-order valence-corrected chi connectivity index (χ4v) is 6.12. The van der Waals surface area contributed by atoms with E-state index in [2.05, 4.69) is 106 Å². The van der Waals surface area contributed by atoms with E-state index in [1.54, 1.807) is 0 Å². The van der Waals surface area contributed by atoms with Crippen molar-refractivity contribution in [3.63, 3.8) is 0 Å². The maximum atomic E-state index is 12.7. The van der Waals surface area contributed by atoms with Crippen molar-refractivity contribution in [3.05, 3.63) is 85.1 Å². The van der Waals surface area contributed by atoms with Crippen LogP contribution < -0.4 is 0 Å². The van der Waals surface area contributed by atoms with Crippen LogP contribution in [0.25, 0.3) is 0 Å². The van der Waals surface area contributed by atoms with Crippen molar-refractivity contribution >= 4 is 17.9 Å². The monoisotopic (exact) mass is 807 g/mol. The third-order valence-electron chi connectivity index (χ3n) is 9.61. The lowest BCUT2D eigenvalue weighted by molar-refractivity contribution is -0.167. The summed E-state index contributed by atoms with van der Waals surface area (Å²) in [6.45, 7) is 6.30. The zero-order valence-electron chi connectivity index (χ0n) is 37.5. The number of hydrogen-bond donors (Lipinski definition) is 0. The Hall–Kier alpha value is -3.41. The minimum absolute atomic E-state index is 0.105. The van der Waals surface area contributed by atoms with Crippen molar-refractivity contribution in [3.8, 4) is 0 Å². The van der Waals surface area contributed by atoms with Gasteiger partial charge < -0.3 is 14.2 Å². The molecule has 330 valence electrons. The van der Waals surface area contributed by atoms with E-state index in [0.717, 1.165) is 96.3 Å². The van der Waals surface area contributed by atoms with E-state index in [1.165, 1.54) is 64.2 Å². The smallest absolute Gasteiger partial charge is 0.306 e. The van der Waals surface area contributed by atoms with Crippen molar-refractivity contribution in [2.24, 2.45) is 0 Å². The summed E-state index contributed by atoms with van der Waals surface area (Å²) < 4.78 is 16.7. The Labute approximate surface area is 356 Å². The van der Waals surface area contributed by atoms with Crippen LogP contribution in [0.1, 0.15) is 207 Å². The molecule has 0 aliphatic rings. The minimum atomic E-state index is -0.808. The first-order valence-corrected chi connectivity index (χ1v) is 23.6. The van der Waals surface area contributed by atoms with Crippen molar-refractivity contribution in [2.45, 2.75) is 213 Å². The van der Waals surface area contributed by atoms with Gasteiger partial charge in [-0.1, -0.05) is 170 Å². The van der Waals surface area contributed by atoms with Gasteiger partial charge in [0, 0.05) is 19.3 Å². The number of ether oxygens (including phenoxy) is 3. The highest BCUT2D eigenvalue weighted by Crippen LogP contribution is 2.13. The molecule has 0 spiro atoms. The molecule has 0 aromatic carbocycles. The van der Waals surface area contributed by atoms with Crippen LogP contribution >= 0.6 is 0 Å². The molecule has 6 heteroatoms. The molecule has 0 saturated carbocycles. The van der Waals surface area contributed by atoms with Gasteiger partial charge >= 0.3 is 17.9 Å². The second kappa shape index (κ2) is 46.3. The van der Waals surface area contributed by atoms with Crippen LogP contribution in [-0.4, -0.2) is 37.2 Å². The Balaban J connectivity index is 4.48. The van der Waals surface area contributed by atoms with Crippen molar-refractivity contribution in [2.75, 3.05) is 13.2 Å². The lowest BCUT2D eigenvalue weighted by Gasteiger charge is -2.18. The van der Waals surface area contributed by atoms with Gasteiger partial charge in [0.2, 0.25) is 0 Å². The average molecular weight is 807 g/mol. The number of allylic oxidation sites excluding steroid dienone is 14. The molecule has 0 fully saturated rings. The lowest BCUT2D eigenvalue weighted by atomic mass is 10.1. The second-order valence-corrected chi connectivity index (χ2v) is 15.2. The Morgan fingerprint density at radius 3 is 1.14 bits per heavy atom. The van der Waals surface area contributed by atoms with Gasteiger partial charge in [-0.15, -0.1) is 0 Å². The molecule has 0 aromatic rings. The molecule has 0 bridgehead atoms. The summed E-state index contributed by atoms with van der Waals surface area (Å²) in [5.41, 5.74) is 0. The molecule has 0 rings (SSSR count). The maximum Gasteiger partial charge on any atom is 0.306 e. The Morgan fingerprint density at radius 2 is 0.690 bits per heavy atom. The predicted molar refractivity (Wildman–Crippen MR) is 247 cm³/mol. The van der Waals surface area contributed by atoms with E-state index in [4.69, 9.17) is 14.2 Å². The molecule has 0 amide bonds. The topological polar surface area (TPSA) is 78.9 Å². The van der Waals surface area contributed by atoms with Gasteiger partial charge in [0.25, 0.3) is 0 Å². The SMILES string of the molecule is CC/C=C\C/C=C\C/C=C\CCCCCCC(=O)OC(COC(=O)CCC/C=C\C/C=C\C/C=C\CC)COC(=O)CCCCCCCCC/C=C\CCCCCC. The van der Waals surface area contributed by atoms with E-state index >= 15 is 0 Å². The molecule has 1 atom stereocenters. The molecule has 58 heavy (non-hydrogen) atoms. The fourth-order valence-electron chi connectivity index (χ4n) is 6.12. The van der Waals surface area contributed by atoms with Crippen molar-refractivity contribution in [1.29, 1.82) is 0 Å².